The average molecular weight is 760 g/mol. The summed E-state index contributed by atoms with van der Waals surface area (Å²) in [5, 5.41) is 19.0. The van der Waals surface area contributed by atoms with Crippen LogP contribution in [0.25, 0.3) is 0 Å². The number of imide groups is 1. The molecule has 0 saturated carbocycles. The summed E-state index contributed by atoms with van der Waals surface area (Å²) in [6, 6.07) is 26.8. The van der Waals surface area contributed by atoms with Crippen molar-refractivity contribution in [1.29, 1.82) is 0 Å². The van der Waals surface area contributed by atoms with E-state index in [0.29, 0.717) is 22.4 Å². The average Bonchev–Trinajstić information content (AvgIpc) is 3.67. The van der Waals surface area contributed by atoms with Gasteiger partial charge in [-0.15, -0.1) is 0 Å². The van der Waals surface area contributed by atoms with Crippen LogP contribution in [0.3, 0.4) is 0 Å². The third-order valence-corrected chi connectivity index (χ3v) is 10.5. The number of nitrogens with two attached hydrogens (primary N) is 1. The minimum atomic E-state index is -2.05. The molecule has 4 aromatic carbocycles. The molecule has 56 heavy (non-hydrogen) atoms. The lowest BCUT2D eigenvalue weighted by Gasteiger charge is -2.46. The van der Waals surface area contributed by atoms with Gasteiger partial charge in [-0.25, -0.2) is 9.69 Å². The number of nitrogens with zero attached hydrogens (tertiary/aromatic N) is 2. The molecule has 4 aromatic rings. The molecule has 288 valence electrons. The van der Waals surface area contributed by atoms with Gasteiger partial charge in [0, 0.05) is 19.1 Å². The lowest BCUT2D eigenvalue weighted by molar-refractivity contribution is -0.178. The number of methoxy groups -OCH3 is 1. The Morgan fingerprint density at radius 2 is 1.55 bits per heavy atom. The van der Waals surface area contributed by atoms with E-state index in [1.54, 1.807) is 42.5 Å². The van der Waals surface area contributed by atoms with Crippen LogP contribution in [0.4, 0.5) is 10.5 Å². The fraction of sp³-hybridized carbons (Fsp3) is 0.302. The molecule has 0 aromatic heterocycles. The molecule has 3 aliphatic heterocycles. The zero-order chi connectivity index (χ0) is 39.4. The van der Waals surface area contributed by atoms with Crippen molar-refractivity contribution in [3.8, 4) is 17.6 Å². The molecule has 2 fully saturated rings. The van der Waals surface area contributed by atoms with Crippen molar-refractivity contribution in [3.05, 3.63) is 131 Å². The van der Waals surface area contributed by atoms with Gasteiger partial charge in [-0.2, -0.15) is 0 Å². The number of ether oxygens (including phenoxy) is 4. The molecule has 1 spiro atoms. The SMILES string of the molecule is COCCOC(=O)N1C(=O)[C@@]2(c3cc(C#CCCO)ccc31)[C@H](c1cccc(OCCO)c1)N1[C@H](c3ccccc3)[C@H](c3ccccc3)OC(=O)[C@H]1[C@@H]2C(N)=O. The summed E-state index contributed by atoms with van der Waals surface area (Å²) in [4.78, 5) is 61.4. The van der Waals surface area contributed by atoms with Gasteiger partial charge in [0.25, 0.3) is 0 Å². The van der Waals surface area contributed by atoms with E-state index < -0.39 is 59.4 Å². The Kier molecular flexibility index (Phi) is 11.2. The number of fused-ring (bicyclic) bond motifs is 3. The fourth-order valence-corrected chi connectivity index (χ4v) is 8.43. The van der Waals surface area contributed by atoms with Crippen LogP contribution in [0.1, 0.15) is 52.4 Å². The number of benzene rings is 4. The van der Waals surface area contributed by atoms with Crippen LogP contribution in [0.5, 0.6) is 5.75 Å². The second kappa shape index (κ2) is 16.4. The summed E-state index contributed by atoms with van der Waals surface area (Å²) >= 11 is 0. The van der Waals surface area contributed by atoms with Crippen LogP contribution >= 0.6 is 0 Å². The number of esters is 1. The van der Waals surface area contributed by atoms with Gasteiger partial charge in [0.1, 0.15) is 36.5 Å². The minimum absolute atomic E-state index is 0.0245. The number of primary amides is 1. The van der Waals surface area contributed by atoms with Crippen molar-refractivity contribution in [2.24, 2.45) is 11.7 Å². The van der Waals surface area contributed by atoms with Gasteiger partial charge in [-0.3, -0.25) is 19.3 Å². The van der Waals surface area contributed by atoms with Crippen LogP contribution in [-0.4, -0.2) is 85.2 Å². The van der Waals surface area contributed by atoms with Crippen LogP contribution in [0.15, 0.2) is 103 Å². The number of rotatable bonds is 11. The smallest absolute Gasteiger partial charge is 0.421 e. The van der Waals surface area contributed by atoms with E-state index in [1.807, 2.05) is 65.6 Å². The number of hydrogen-bond donors (Lipinski definition) is 3. The summed E-state index contributed by atoms with van der Waals surface area (Å²) in [5.41, 5.74) is 6.96. The van der Waals surface area contributed by atoms with E-state index in [2.05, 4.69) is 11.8 Å². The van der Waals surface area contributed by atoms with E-state index in [-0.39, 0.29) is 50.7 Å². The van der Waals surface area contributed by atoms with Gasteiger partial charge in [0.2, 0.25) is 11.8 Å². The highest BCUT2D eigenvalue weighted by molar-refractivity contribution is 6.23. The molecular weight excluding hydrogens is 718 g/mol. The van der Waals surface area contributed by atoms with E-state index in [0.717, 1.165) is 10.5 Å². The Morgan fingerprint density at radius 1 is 0.839 bits per heavy atom. The molecule has 0 unspecified atom stereocenters. The van der Waals surface area contributed by atoms with Crippen LogP contribution in [-0.2, 0) is 34.0 Å². The van der Waals surface area contributed by atoms with E-state index >= 15 is 4.79 Å². The predicted octanol–water partition coefficient (Wildman–Crippen LogP) is 3.73. The molecule has 0 aliphatic carbocycles. The second-order valence-corrected chi connectivity index (χ2v) is 13.6. The molecule has 3 heterocycles. The Labute approximate surface area is 323 Å². The van der Waals surface area contributed by atoms with Crippen molar-refractivity contribution in [2.75, 3.05) is 45.0 Å². The number of aliphatic hydroxyl groups excluding tert-OH is 2. The molecule has 6 atom stereocenters. The first kappa shape index (κ1) is 38.2. The maximum Gasteiger partial charge on any atom is 0.421 e. The topological polar surface area (TPSA) is 178 Å². The van der Waals surface area contributed by atoms with Gasteiger partial charge in [-0.05, 0) is 52.6 Å². The predicted molar refractivity (Wildman–Crippen MR) is 202 cm³/mol. The Bertz CT molecular complexity index is 2170. The minimum Gasteiger partial charge on any atom is -0.491 e. The van der Waals surface area contributed by atoms with Gasteiger partial charge >= 0.3 is 12.1 Å². The number of cyclic esters (lactones) is 1. The van der Waals surface area contributed by atoms with E-state index in [1.165, 1.54) is 7.11 Å². The first-order chi connectivity index (χ1) is 27.3. The standard InChI is InChI=1S/C43H41N3O10/c1-53-23-24-55-42(52)45-33-19-18-27(11-8-9-20-47)25-32(33)43(41(45)51)34(39(44)49)36-40(50)56-37(29-14-6-3-7-15-29)35(28-12-4-2-5-13-28)46(36)38(43)30-16-10-17-31(26-30)54-22-21-48/h2-7,10,12-19,25-26,34-38,47-48H,9,20-24H2,1H3,(H2,44,49)/t34-,35-,36-,37+,38+,43-/m1/s1. The molecule has 3 amide bonds. The van der Waals surface area contributed by atoms with Crippen LogP contribution < -0.4 is 15.4 Å². The van der Waals surface area contributed by atoms with Crippen LogP contribution in [0.2, 0.25) is 0 Å². The summed E-state index contributed by atoms with van der Waals surface area (Å²) in [5.74, 6) is 2.09. The molecule has 2 saturated heterocycles. The Balaban J connectivity index is 1.56. The number of amides is 3. The van der Waals surface area contributed by atoms with E-state index in [4.69, 9.17) is 24.7 Å². The highest BCUT2D eigenvalue weighted by atomic mass is 16.6. The maximum absolute atomic E-state index is 15.7. The summed E-state index contributed by atoms with van der Waals surface area (Å²) in [6.07, 6.45) is -1.75. The molecule has 4 N–H and O–H groups in total. The van der Waals surface area contributed by atoms with Gasteiger partial charge in [-0.1, -0.05) is 84.6 Å². The van der Waals surface area contributed by atoms with Gasteiger partial charge < -0.3 is 34.9 Å². The first-order valence-corrected chi connectivity index (χ1v) is 18.2. The molecule has 3 aliphatic rings. The summed E-state index contributed by atoms with van der Waals surface area (Å²) in [7, 11) is 1.44. The van der Waals surface area contributed by atoms with Crippen molar-refractivity contribution < 1.29 is 48.3 Å². The first-order valence-electron chi connectivity index (χ1n) is 18.2. The number of morpholine rings is 1. The normalized spacial score (nSPS) is 23.8. The summed E-state index contributed by atoms with van der Waals surface area (Å²) in [6.45, 7) is -0.579. The number of carbonyl (C=O) groups excluding carboxylic acids is 4. The number of hydrogen-bond acceptors (Lipinski definition) is 11. The molecule has 0 bridgehead atoms. The monoisotopic (exact) mass is 759 g/mol. The van der Waals surface area contributed by atoms with Crippen molar-refractivity contribution in [3.63, 3.8) is 0 Å². The maximum atomic E-state index is 15.7. The third-order valence-electron chi connectivity index (χ3n) is 10.5. The zero-order valence-electron chi connectivity index (χ0n) is 30.6. The number of aliphatic hydroxyl groups is 2. The Hall–Kier alpha value is -6.04. The van der Waals surface area contributed by atoms with Gasteiger partial charge in [0.15, 0.2) is 0 Å². The quantitative estimate of drug-likeness (QED) is 0.115. The second-order valence-electron chi connectivity index (χ2n) is 13.6. The molecule has 13 heteroatoms. The lowest BCUT2D eigenvalue weighted by Crippen LogP contribution is -2.55. The molecule has 0 radical (unpaired) electrons. The largest absolute Gasteiger partial charge is 0.491 e. The van der Waals surface area contributed by atoms with Crippen LogP contribution in [0, 0.1) is 17.8 Å². The van der Waals surface area contributed by atoms with E-state index in [9.17, 15) is 24.6 Å². The fourth-order valence-electron chi connectivity index (χ4n) is 8.43. The highest BCUT2D eigenvalue weighted by Crippen LogP contribution is 2.65. The molecule has 7 rings (SSSR count). The van der Waals surface area contributed by atoms with Crippen molar-refractivity contribution in [1.82, 2.24) is 4.90 Å². The molecular formula is C43H41N3O10. The number of carbonyl (C=O) groups is 4. The zero-order valence-corrected chi connectivity index (χ0v) is 30.6. The Morgan fingerprint density at radius 3 is 2.23 bits per heavy atom. The highest BCUT2D eigenvalue weighted by Gasteiger charge is 2.75. The van der Waals surface area contributed by atoms with Crippen molar-refractivity contribution in [2.45, 2.75) is 36.1 Å². The van der Waals surface area contributed by atoms with Crippen molar-refractivity contribution >= 4 is 29.6 Å². The lowest BCUT2D eigenvalue weighted by atomic mass is 9.65. The molecule has 13 nitrogen and oxygen atoms in total. The summed E-state index contributed by atoms with van der Waals surface area (Å²) < 4.78 is 22.8. The van der Waals surface area contributed by atoms with Gasteiger partial charge in [0.05, 0.1) is 43.5 Å². The third kappa shape index (κ3) is 6.56. The number of anilines is 1.